The minimum Gasteiger partial charge on any atom is -0.351 e. The van der Waals surface area contributed by atoms with Crippen molar-refractivity contribution in [2.24, 2.45) is 11.7 Å². The summed E-state index contributed by atoms with van der Waals surface area (Å²) in [4.78, 5) is 16.3. The molecule has 2 rings (SSSR count). The van der Waals surface area contributed by atoms with E-state index in [0.29, 0.717) is 17.8 Å². The molecule has 0 radical (unpaired) electrons. The van der Waals surface area contributed by atoms with E-state index in [-0.39, 0.29) is 12.5 Å². The highest BCUT2D eigenvalue weighted by Gasteiger charge is 2.15. The van der Waals surface area contributed by atoms with Crippen molar-refractivity contribution in [2.75, 3.05) is 13.1 Å². The van der Waals surface area contributed by atoms with Gasteiger partial charge in [0.1, 0.15) is 5.69 Å². The van der Waals surface area contributed by atoms with Gasteiger partial charge in [-0.05, 0) is 24.5 Å². The summed E-state index contributed by atoms with van der Waals surface area (Å²) in [7, 11) is 0. The molecule has 4 nitrogen and oxygen atoms in total. The quantitative estimate of drug-likeness (QED) is 0.832. The Morgan fingerprint density at radius 1 is 1.38 bits per heavy atom. The van der Waals surface area contributed by atoms with Gasteiger partial charge < -0.3 is 11.1 Å². The first-order valence-corrected chi connectivity index (χ1v) is 7.73. The molecule has 0 aromatic carbocycles. The van der Waals surface area contributed by atoms with Crippen LogP contribution in [0.4, 0.5) is 0 Å². The molecule has 1 amide bonds. The van der Waals surface area contributed by atoms with Crippen molar-refractivity contribution < 1.29 is 4.79 Å². The topological polar surface area (TPSA) is 68.0 Å². The second-order valence-corrected chi connectivity index (χ2v) is 5.45. The van der Waals surface area contributed by atoms with Crippen LogP contribution in [0, 0.1) is 17.8 Å². The van der Waals surface area contributed by atoms with Crippen molar-refractivity contribution in [3.8, 4) is 11.8 Å². The molecule has 0 atom stereocenters. The first kappa shape index (κ1) is 15.5. The van der Waals surface area contributed by atoms with Crippen LogP contribution in [0.5, 0.6) is 0 Å². The molecular weight excluding hydrogens is 262 g/mol. The predicted octanol–water partition coefficient (Wildman–Crippen LogP) is 2.09. The zero-order valence-electron chi connectivity index (χ0n) is 12.4. The van der Waals surface area contributed by atoms with Crippen molar-refractivity contribution in [1.29, 1.82) is 0 Å². The van der Waals surface area contributed by atoms with Gasteiger partial charge in [-0.3, -0.25) is 4.79 Å². The van der Waals surface area contributed by atoms with E-state index in [1.54, 1.807) is 18.3 Å². The van der Waals surface area contributed by atoms with Crippen LogP contribution in [0.15, 0.2) is 18.3 Å². The van der Waals surface area contributed by atoms with Gasteiger partial charge in [0.05, 0.1) is 12.1 Å². The summed E-state index contributed by atoms with van der Waals surface area (Å²) in [6.07, 6.45) is 9.29. The Labute approximate surface area is 126 Å². The summed E-state index contributed by atoms with van der Waals surface area (Å²) < 4.78 is 0. The Morgan fingerprint density at radius 3 is 2.95 bits per heavy atom. The maximum absolute atomic E-state index is 12.2. The van der Waals surface area contributed by atoms with Crippen molar-refractivity contribution in [2.45, 2.75) is 38.5 Å². The molecule has 112 valence electrons. The van der Waals surface area contributed by atoms with Gasteiger partial charge in [-0.1, -0.05) is 43.9 Å². The number of hydrogen-bond acceptors (Lipinski definition) is 3. The van der Waals surface area contributed by atoms with Crippen LogP contribution < -0.4 is 11.1 Å². The molecule has 1 aromatic heterocycles. The summed E-state index contributed by atoms with van der Waals surface area (Å²) in [5.74, 6) is 6.28. The maximum Gasteiger partial charge on any atom is 0.271 e. The Bertz CT molecular complexity index is 524. The Kier molecular flexibility index (Phi) is 6.23. The normalized spacial score (nSPS) is 15.1. The third-order valence-electron chi connectivity index (χ3n) is 3.91. The number of pyridine rings is 1. The number of aromatic nitrogens is 1. The van der Waals surface area contributed by atoms with Crippen LogP contribution in [-0.4, -0.2) is 24.0 Å². The van der Waals surface area contributed by atoms with Crippen LogP contribution in [0.1, 0.15) is 54.6 Å². The lowest BCUT2D eigenvalue weighted by atomic mass is 9.87. The highest BCUT2D eigenvalue weighted by molar-refractivity contribution is 5.94. The fourth-order valence-electron chi connectivity index (χ4n) is 2.78. The molecule has 4 heteroatoms. The predicted molar refractivity (Wildman–Crippen MR) is 83.7 cm³/mol. The van der Waals surface area contributed by atoms with Crippen molar-refractivity contribution >= 4 is 5.91 Å². The summed E-state index contributed by atoms with van der Waals surface area (Å²) >= 11 is 0. The number of rotatable bonds is 4. The lowest BCUT2D eigenvalue weighted by Crippen LogP contribution is -2.28. The van der Waals surface area contributed by atoms with Gasteiger partial charge in [-0.15, -0.1) is 0 Å². The number of amides is 1. The second kappa shape index (κ2) is 8.43. The molecule has 21 heavy (non-hydrogen) atoms. The third kappa shape index (κ3) is 4.87. The maximum atomic E-state index is 12.2. The highest BCUT2D eigenvalue weighted by atomic mass is 16.1. The van der Waals surface area contributed by atoms with E-state index in [1.807, 2.05) is 0 Å². The molecule has 1 saturated carbocycles. The molecule has 3 N–H and O–H groups in total. The number of nitrogens with two attached hydrogens (primary N) is 1. The van der Waals surface area contributed by atoms with E-state index in [2.05, 4.69) is 22.1 Å². The molecule has 0 aliphatic heterocycles. The summed E-state index contributed by atoms with van der Waals surface area (Å²) in [5, 5.41) is 2.96. The van der Waals surface area contributed by atoms with E-state index < -0.39 is 0 Å². The average molecular weight is 285 g/mol. The molecule has 1 fully saturated rings. The first-order chi connectivity index (χ1) is 10.3. The first-order valence-electron chi connectivity index (χ1n) is 7.73. The molecule has 1 aliphatic rings. The lowest BCUT2D eigenvalue weighted by Gasteiger charge is -2.21. The highest BCUT2D eigenvalue weighted by Crippen LogP contribution is 2.25. The van der Waals surface area contributed by atoms with Gasteiger partial charge >= 0.3 is 0 Å². The van der Waals surface area contributed by atoms with Gasteiger partial charge in [0.25, 0.3) is 5.91 Å². The fourth-order valence-corrected chi connectivity index (χ4v) is 2.78. The summed E-state index contributed by atoms with van der Waals surface area (Å²) in [5.41, 5.74) is 6.40. The number of nitrogens with zero attached hydrogens (tertiary/aromatic N) is 1. The SMILES string of the molecule is NCC#Cc1cccnc1C(=O)NCCC1CCCCC1. The number of carbonyl (C=O) groups excluding carboxylic acids is 1. The Morgan fingerprint density at radius 2 is 2.19 bits per heavy atom. The Balaban J connectivity index is 1.88. The number of hydrogen-bond donors (Lipinski definition) is 2. The van der Waals surface area contributed by atoms with Crippen LogP contribution in [-0.2, 0) is 0 Å². The van der Waals surface area contributed by atoms with Crippen molar-refractivity contribution in [3.05, 3.63) is 29.6 Å². The van der Waals surface area contributed by atoms with Gasteiger partial charge in [0.2, 0.25) is 0 Å². The fraction of sp³-hybridized carbons (Fsp3) is 0.529. The van der Waals surface area contributed by atoms with E-state index >= 15 is 0 Å². The molecule has 1 aliphatic carbocycles. The minimum absolute atomic E-state index is 0.146. The van der Waals surface area contributed by atoms with E-state index in [4.69, 9.17) is 5.73 Å². The van der Waals surface area contributed by atoms with Crippen LogP contribution >= 0.6 is 0 Å². The van der Waals surface area contributed by atoms with Crippen LogP contribution in [0.3, 0.4) is 0 Å². The van der Waals surface area contributed by atoms with Crippen molar-refractivity contribution in [3.63, 3.8) is 0 Å². The van der Waals surface area contributed by atoms with Crippen molar-refractivity contribution in [1.82, 2.24) is 10.3 Å². The summed E-state index contributed by atoms with van der Waals surface area (Å²) in [6.45, 7) is 0.988. The van der Waals surface area contributed by atoms with Gasteiger partial charge in [-0.2, -0.15) is 0 Å². The van der Waals surface area contributed by atoms with Crippen LogP contribution in [0.25, 0.3) is 0 Å². The van der Waals surface area contributed by atoms with Gasteiger partial charge in [0.15, 0.2) is 0 Å². The van der Waals surface area contributed by atoms with Gasteiger partial charge in [-0.25, -0.2) is 4.98 Å². The zero-order chi connectivity index (χ0) is 14.9. The van der Waals surface area contributed by atoms with E-state index in [9.17, 15) is 4.79 Å². The standard InChI is InChI=1S/C17H23N3O/c18-11-4-8-15-9-5-12-19-16(15)17(21)20-13-10-14-6-2-1-3-7-14/h5,9,12,14H,1-3,6-7,10-11,13,18H2,(H,20,21). The molecular formula is C17H23N3O. The van der Waals surface area contributed by atoms with Crippen LogP contribution in [0.2, 0.25) is 0 Å². The largest absolute Gasteiger partial charge is 0.351 e. The number of carbonyl (C=O) groups is 1. The van der Waals surface area contributed by atoms with E-state index in [1.165, 1.54) is 32.1 Å². The molecule has 0 spiro atoms. The minimum atomic E-state index is -0.146. The molecule has 0 unspecified atom stereocenters. The second-order valence-electron chi connectivity index (χ2n) is 5.45. The molecule has 0 saturated heterocycles. The smallest absolute Gasteiger partial charge is 0.271 e. The number of nitrogens with one attached hydrogen (secondary N) is 1. The monoisotopic (exact) mass is 285 g/mol. The molecule has 1 heterocycles. The Hall–Kier alpha value is -1.86. The van der Waals surface area contributed by atoms with E-state index in [0.717, 1.165) is 12.3 Å². The van der Waals surface area contributed by atoms with Gasteiger partial charge in [0, 0.05) is 12.7 Å². The zero-order valence-corrected chi connectivity index (χ0v) is 12.4. The molecule has 0 bridgehead atoms. The lowest BCUT2D eigenvalue weighted by molar-refractivity contribution is 0.0945. The summed E-state index contributed by atoms with van der Waals surface area (Å²) in [6, 6.07) is 3.57. The average Bonchev–Trinajstić information content (AvgIpc) is 2.54. The molecule has 1 aromatic rings. The third-order valence-corrected chi connectivity index (χ3v) is 3.91.